The van der Waals surface area contributed by atoms with Crippen molar-refractivity contribution in [2.45, 2.75) is 38.1 Å². The Morgan fingerprint density at radius 2 is 1.69 bits per heavy atom. The van der Waals surface area contributed by atoms with Crippen LogP contribution in [0.5, 0.6) is 5.75 Å². The SMILES string of the molecule is COc1ccccc1N(CC(=O)Nc1ccccc1C(=O)NC1CCCCC1)S(C)(=O)=O. The van der Waals surface area contributed by atoms with Crippen LogP contribution in [0.3, 0.4) is 0 Å². The Hall–Kier alpha value is -3.07. The number of hydrogen-bond acceptors (Lipinski definition) is 5. The maximum absolute atomic E-state index is 12.8. The lowest BCUT2D eigenvalue weighted by molar-refractivity contribution is -0.114. The number of nitrogens with zero attached hydrogens (tertiary/aromatic N) is 1. The van der Waals surface area contributed by atoms with Gasteiger partial charge in [0, 0.05) is 6.04 Å². The maximum atomic E-state index is 12.8. The van der Waals surface area contributed by atoms with Crippen molar-refractivity contribution in [3.05, 3.63) is 54.1 Å². The quantitative estimate of drug-likeness (QED) is 0.631. The summed E-state index contributed by atoms with van der Waals surface area (Å²) >= 11 is 0. The first kappa shape index (κ1) is 23.6. The largest absolute Gasteiger partial charge is 0.495 e. The minimum absolute atomic E-state index is 0.131. The lowest BCUT2D eigenvalue weighted by Gasteiger charge is -2.24. The normalized spacial score (nSPS) is 14.4. The van der Waals surface area contributed by atoms with Crippen LogP contribution < -0.4 is 19.7 Å². The molecule has 2 amide bonds. The van der Waals surface area contributed by atoms with E-state index in [0.29, 0.717) is 17.0 Å². The van der Waals surface area contributed by atoms with Gasteiger partial charge in [-0.3, -0.25) is 13.9 Å². The molecule has 0 bridgehead atoms. The Labute approximate surface area is 189 Å². The second-order valence-corrected chi connectivity index (χ2v) is 9.75. The van der Waals surface area contributed by atoms with Crippen LogP contribution in [0.25, 0.3) is 0 Å². The van der Waals surface area contributed by atoms with E-state index in [4.69, 9.17) is 4.74 Å². The molecule has 2 aromatic carbocycles. The molecule has 3 rings (SSSR count). The standard InChI is InChI=1S/C23H29N3O5S/c1-31-21-15-9-8-14-20(21)26(32(2,29)30)16-22(27)25-19-13-7-6-12-18(19)23(28)24-17-10-4-3-5-11-17/h6-9,12-15,17H,3-5,10-11,16H2,1-2H3,(H,24,28)(H,25,27). The predicted octanol–water partition coefficient (Wildman–Crippen LogP) is 3.16. The summed E-state index contributed by atoms with van der Waals surface area (Å²) in [5, 5.41) is 5.73. The van der Waals surface area contributed by atoms with E-state index < -0.39 is 22.5 Å². The lowest BCUT2D eigenvalue weighted by Crippen LogP contribution is -2.38. The molecule has 0 aliphatic heterocycles. The number of carbonyl (C=O) groups is 2. The van der Waals surface area contributed by atoms with Crippen molar-refractivity contribution < 1.29 is 22.7 Å². The van der Waals surface area contributed by atoms with Gasteiger partial charge in [-0.2, -0.15) is 0 Å². The van der Waals surface area contributed by atoms with E-state index in [1.54, 1.807) is 48.5 Å². The van der Waals surface area contributed by atoms with Gasteiger partial charge in [-0.15, -0.1) is 0 Å². The van der Waals surface area contributed by atoms with Gasteiger partial charge < -0.3 is 15.4 Å². The van der Waals surface area contributed by atoms with Crippen LogP contribution in [0.2, 0.25) is 0 Å². The van der Waals surface area contributed by atoms with Gasteiger partial charge in [0.2, 0.25) is 15.9 Å². The van der Waals surface area contributed by atoms with Gasteiger partial charge >= 0.3 is 0 Å². The van der Waals surface area contributed by atoms with Gasteiger partial charge in [-0.25, -0.2) is 8.42 Å². The first-order chi connectivity index (χ1) is 15.3. The summed E-state index contributed by atoms with van der Waals surface area (Å²) in [6.45, 7) is -0.461. The van der Waals surface area contributed by atoms with Gasteiger partial charge in [-0.05, 0) is 37.1 Å². The Bertz CT molecular complexity index is 1060. The molecule has 2 aromatic rings. The highest BCUT2D eigenvalue weighted by molar-refractivity contribution is 7.92. The number of hydrogen-bond donors (Lipinski definition) is 2. The molecule has 0 heterocycles. The van der Waals surface area contributed by atoms with Crippen LogP contribution in [0.15, 0.2) is 48.5 Å². The number of anilines is 2. The van der Waals surface area contributed by atoms with E-state index in [1.807, 2.05) is 0 Å². The van der Waals surface area contributed by atoms with Crippen molar-refractivity contribution in [2.75, 3.05) is 29.5 Å². The number of benzene rings is 2. The van der Waals surface area contributed by atoms with Crippen LogP contribution in [0, 0.1) is 0 Å². The summed E-state index contributed by atoms with van der Waals surface area (Å²) < 4.78 is 31.1. The molecule has 1 fully saturated rings. The van der Waals surface area contributed by atoms with Crippen molar-refractivity contribution in [2.24, 2.45) is 0 Å². The lowest BCUT2D eigenvalue weighted by atomic mass is 9.95. The fraction of sp³-hybridized carbons (Fsp3) is 0.391. The average molecular weight is 460 g/mol. The monoisotopic (exact) mass is 459 g/mol. The molecule has 0 radical (unpaired) electrons. The molecule has 0 aromatic heterocycles. The molecular formula is C23H29N3O5S. The topological polar surface area (TPSA) is 105 Å². The molecule has 0 spiro atoms. The zero-order chi connectivity index (χ0) is 23.1. The third-order valence-electron chi connectivity index (χ3n) is 5.43. The second-order valence-electron chi connectivity index (χ2n) is 7.84. The minimum atomic E-state index is -3.77. The molecule has 32 heavy (non-hydrogen) atoms. The summed E-state index contributed by atoms with van der Waals surface area (Å²) in [4.78, 5) is 25.6. The van der Waals surface area contributed by atoms with E-state index >= 15 is 0 Å². The molecule has 172 valence electrons. The summed E-state index contributed by atoms with van der Waals surface area (Å²) in [6, 6.07) is 13.4. The smallest absolute Gasteiger partial charge is 0.253 e. The van der Waals surface area contributed by atoms with Crippen LogP contribution in [0.4, 0.5) is 11.4 Å². The number of amides is 2. The highest BCUT2D eigenvalue weighted by Gasteiger charge is 2.25. The number of nitrogens with one attached hydrogen (secondary N) is 2. The first-order valence-electron chi connectivity index (χ1n) is 10.6. The number of ether oxygens (including phenoxy) is 1. The van der Waals surface area contributed by atoms with Crippen LogP contribution in [-0.2, 0) is 14.8 Å². The van der Waals surface area contributed by atoms with Gasteiger partial charge in [0.05, 0.1) is 30.3 Å². The Morgan fingerprint density at radius 1 is 1.03 bits per heavy atom. The van der Waals surface area contributed by atoms with Gasteiger partial charge in [0.25, 0.3) is 5.91 Å². The zero-order valence-electron chi connectivity index (χ0n) is 18.3. The maximum Gasteiger partial charge on any atom is 0.253 e. The Balaban J connectivity index is 1.77. The van der Waals surface area contributed by atoms with Gasteiger partial charge in [0.1, 0.15) is 12.3 Å². The van der Waals surface area contributed by atoms with Crippen molar-refractivity contribution in [3.63, 3.8) is 0 Å². The third-order valence-corrected chi connectivity index (χ3v) is 6.55. The van der Waals surface area contributed by atoms with E-state index in [9.17, 15) is 18.0 Å². The van der Waals surface area contributed by atoms with E-state index in [1.165, 1.54) is 13.5 Å². The van der Waals surface area contributed by atoms with Crippen molar-refractivity contribution in [3.8, 4) is 5.75 Å². The van der Waals surface area contributed by atoms with Crippen molar-refractivity contribution >= 4 is 33.2 Å². The van der Waals surface area contributed by atoms with E-state index in [0.717, 1.165) is 36.2 Å². The van der Waals surface area contributed by atoms with Gasteiger partial charge in [0.15, 0.2) is 0 Å². The average Bonchev–Trinajstić information content (AvgIpc) is 2.77. The minimum Gasteiger partial charge on any atom is -0.495 e. The number of sulfonamides is 1. The van der Waals surface area contributed by atoms with E-state index in [2.05, 4.69) is 10.6 Å². The van der Waals surface area contributed by atoms with Crippen LogP contribution in [-0.4, -0.2) is 46.2 Å². The highest BCUT2D eigenvalue weighted by Crippen LogP contribution is 2.29. The van der Waals surface area contributed by atoms with Crippen molar-refractivity contribution in [1.29, 1.82) is 0 Å². The molecule has 0 atom stereocenters. The molecule has 1 aliphatic carbocycles. The zero-order valence-corrected chi connectivity index (χ0v) is 19.2. The molecule has 8 nitrogen and oxygen atoms in total. The Morgan fingerprint density at radius 3 is 2.38 bits per heavy atom. The first-order valence-corrected chi connectivity index (χ1v) is 12.4. The molecule has 9 heteroatoms. The second kappa shape index (κ2) is 10.5. The third kappa shape index (κ3) is 6.00. The fourth-order valence-electron chi connectivity index (χ4n) is 3.84. The fourth-order valence-corrected chi connectivity index (χ4v) is 4.70. The van der Waals surface area contributed by atoms with E-state index in [-0.39, 0.29) is 17.6 Å². The van der Waals surface area contributed by atoms with Crippen LogP contribution >= 0.6 is 0 Å². The number of methoxy groups -OCH3 is 1. The molecule has 0 saturated heterocycles. The summed E-state index contributed by atoms with van der Waals surface area (Å²) in [7, 11) is -2.34. The Kier molecular flexibility index (Phi) is 7.74. The van der Waals surface area contributed by atoms with Crippen molar-refractivity contribution in [1.82, 2.24) is 5.32 Å². The molecule has 2 N–H and O–H groups in total. The number of para-hydroxylation sites is 3. The number of carbonyl (C=O) groups excluding carboxylic acids is 2. The number of rotatable bonds is 8. The molecule has 1 aliphatic rings. The predicted molar refractivity (Wildman–Crippen MR) is 125 cm³/mol. The van der Waals surface area contributed by atoms with Gasteiger partial charge in [-0.1, -0.05) is 43.5 Å². The molecular weight excluding hydrogens is 430 g/mol. The van der Waals surface area contributed by atoms with Crippen LogP contribution in [0.1, 0.15) is 42.5 Å². The molecule has 1 saturated carbocycles. The highest BCUT2D eigenvalue weighted by atomic mass is 32.2. The summed E-state index contributed by atoms with van der Waals surface area (Å²) in [5.74, 6) is -0.491. The summed E-state index contributed by atoms with van der Waals surface area (Å²) in [6.07, 6.45) is 6.28. The summed E-state index contributed by atoms with van der Waals surface area (Å²) in [5.41, 5.74) is 0.935. The molecule has 0 unspecified atom stereocenters.